The molecule has 3 heterocycles. The van der Waals surface area contributed by atoms with Gasteiger partial charge in [-0.1, -0.05) is 0 Å². The first-order valence-electron chi connectivity index (χ1n) is 6.26. The van der Waals surface area contributed by atoms with Crippen LogP contribution in [-0.2, 0) is 13.0 Å². The largest absolute Gasteiger partial charge is 0.423 e. The highest BCUT2D eigenvalue weighted by molar-refractivity contribution is 7.10. The zero-order chi connectivity index (χ0) is 12.8. The van der Waals surface area contributed by atoms with E-state index in [1.54, 1.807) is 0 Å². The van der Waals surface area contributed by atoms with Crippen molar-refractivity contribution in [3.63, 3.8) is 0 Å². The van der Waals surface area contributed by atoms with Crippen LogP contribution >= 0.6 is 11.3 Å². The van der Waals surface area contributed by atoms with Gasteiger partial charge < -0.3 is 15.1 Å². The average molecular weight is 271 g/mol. The molecular weight excluding hydrogens is 258 g/mol. The molecular formula is C14H13N3OS. The monoisotopic (exact) mass is 271 g/mol. The van der Waals surface area contributed by atoms with E-state index in [-0.39, 0.29) is 0 Å². The van der Waals surface area contributed by atoms with Crippen LogP contribution in [0, 0.1) is 0 Å². The number of anilines is 2. The van der Waals surface area contributed by atoms with Crippen molar-refractivity contribution in [2.45, 2.75) is 13.0 Å². The number of thiophene rings is 1. The zero-order valence-corrected chi connectivity index (χ0v) is 11.1. The fourth-order valence-corrected chi connectivity index (χ4v) is 3.37. The molecule has 96 valence electrons. The lowest BCUT2D eigenvalue weighted by Crippen LogP contribution is -2.29. The second-order valence-electron chi connectivity index (χ2n) is 4.76. The Morgan fingerprint density at radius 1 is 1.32 bits per heavy atom. The number of nitrogens with zero attached hydrogens (tertiary/aromatic N) is 2. The van der Waals surface area contributed by atoms with Crippen molar-refractivity contribution >= 4 is 34.1 Å². The molecule has 0 fully saturated rings. The van der Waals surface area contributed by atoms with Gasteiger partial charge >= 0.3 is 0 Å². The Bertz CT molecular complexity index is 746. The molecule has 0 spiro atoms. The maximum absolute atomic E-state index is 5.82. The van der Waals surface area contributed by atoms with Gasteiger partial charge in [0.15, 0.2) is 5.58 Å². The van der Waals surface area contributed by atoms with E-state index in [0.29, 0.717) is 11.7 Å². The van der Waals surface area contributed by atoms with Crippen LogP contribution in [0.3, 0.4) is 0 Å². The summed E-state index contributed by atoms with van der Waals surface area (Å²) in [5.41, 5.74) is 9.47. The molecule has 2 N–H and O–H groups in total. The van der Waals surface area contributed by atoms with Crippen LogP contribution in [0.25, 0.3) is 11.1 Å². The Morgan fingerprint density at radius 3 is 3.21 bits per heavy atom. The fourth-order valence-electron chi connectivity index (χ4n) is 2.48. The van der Waals surface area contributed by atoms with Crippen molar-refractivity contribution in [3.8, 4) is 0 Å². The van der Waals surface area contributed by atoms with Gasteiger partial charge in [0.2, 0.25) is 0 Å². The SMILES string of the molecule is Nc1ccc2nc(N3CCc4sccc4C3)oc2c1. The van der Waals surface area contributed by atoms with Crippen molar-refractivity contribution in [1.29, 1.82) is 0 Å². The summed E-state index contributed by atoms with van der Waals surface area (Å²) in [5.74, 6) is 0. The topological polar surface area (TPSA) is 55.3 Å². The highest BCUT2D eigenvalue weighted by Crippen LogP contribution is 2.29. The van der Waals surface area contributed by atoms with E-state index in [1.165, 1.54) is 10.4 Å². The molecule has 1 aliphatic rings. The lowest BCUT2D eigenvalue weighted by molar-refractivity contribution is 0.556. The van der Waals surface area contributed by atoms with Crippen LogP contribution in [0.2, 0.25) is 0 Å². The summed E-state index contributed by atoms with van der Waals surface area (Å²) in [7, 11) is 0. The van der Waals surface area contributed by atoms with E-state index in [4.69, 9.17) is 10.2 Å². The molecule has 1 aromatic carbocycles. The lowest BCUT2D eigenvalue weighted by atomic mass is 10.1. The smallest absolute Gasteiger partial charge is 0.298 e. The molecule has 0 radical (unpaired) electrons. The molecule has 19 heavy (non-hydrogen) atoms. The molecule has 5 heteroatoms. The molecule has 0 aliphatic carbocycles. The Kier molecular flexibility index (Phi) is 2.29. The fraction of sp³-hybridized carbons (Fsp3) is 0.214. The first-order valence-corrected chi connectivity index (χ1v) is 7.14. The quantitative estimate of drug-likeness (QED) is 0.691. The number of hydrogen-bond donors (Lipinski definition) is 1. The first-order chi connectivity index (χ1) is 9.29. The van der Waals surface area contributed by atoms with Gasteiger partial charge in [0.1, 0.15) is 5.52 Å². The third-order valence-electron chi connectivity index (χ3n) is 3.48. The summed E-state index contributed by atoms with van der Waals surface area (Å²) in [6, 6.07) is 8.45. The molecule has 0 saturated heterocycles. The summed E-state index contributed by atoms with van der Waals surface area (Å²) >= 11 is 1.84. The summed E-state index contributed by atoms with van der Waals surface area (Å²) < 4.78 is 5.82. The third kappa shape index (κ3) is 1.77. The van der Waals surface area contributed by atoms with Crippen molar-refractivity contribution in [2.24, 2.45) is 0 Å². The molecule has 1 aliphatic heterocycles. The van der Waals surface area contributed by atoms with Gasteiger partial charge in [0.05, 0.1) is 0 Å². The molecule has 0 atom stereocenters. The summed E-state index contributed by atoms with van der Waals surface area (Å²) in [5, 5.41) is 2.15. The second-order valence-corrected chi connectivity index (χ2v) is 5.76. The molecule has 2 aromatic heterocycles. The summed E-state index contributed by atoms with van der Waals surface area (Å²) in [6.45, 7) is 1.83. The minimum atomic E-state index is 0.692. The van der Waals surface area contributed by atoms with E-state index in [9.17, 15) is 0 Å². The number of hydrogen-bond acceptors (Lipinski definition) is 5. The van der Waals surface area contributed by atoms with Gasteiger partial charge in [-0.25, -0.2) is 0 Å². The number of nitrogens with two attached hydrogens (primary N) is 1. The molecule has 0 saturated carbocycles. The van der Waals surface area contributed by atoms with E-state index in [1.807, 2.05) is 29.5 Å². The number of oxazole rings is 1. The van der Waals surface area contributed by atoms with Crippen molar-refractivity contribution in [1.82, 2.24) is 4.98 Å². The predicted molar refractivity (Wildman–Crippen MR) is 77.5 cm³/mol. The zero-order valence-electron chi connectivity index (χ0n) is 10.3. The predicted octanol–water partition coefficient (Wildman–Crippen LogP) is 3.03. The molecule has 3 aromatic rings. The molecule has 4 rings (SSSR count). The molecule has 0 amide bonds. The molecule has 0 unspecified atom stereocenters. The van der Waals surface area contributed by atoms with Crippen LogP contribution in [0.15, 0.2) is 34.1 Å². The number of aromatic nitrogens is 1. The molecule has 0 bridgehead atoms. The van der Waals surface area contributed by atoms with Crippen LogP contribution in [0.5, 0.6) is 0 Å². The minimum Gasteiger partial charge on any atom is -0.423 e. The van der Waals surface area contributed by atoms with Gasteiger partial charge in [-0.05, 0) is 35.6 Å². The Morgan fingerprint density at radius 2 is 2.26 bits per heavy atom. The van der Waals surface area contributed by atoms with Crippen molar-refractivity contribution in [2.75, 3.05) is 17.2 Å². The average Bonchev–Trinajstić information content (AvgIpc) is 3.02. The highest BCUT2D eigenvalue weighted by Gasteiger charge is 2.21. The van der Waals surface area contributed by atoms with Crippen LogP contribution in [0.4, 0.5) is 11.7 Å². The Labute approximate surface area is 114 Å². The number of benzene rings is 1. The number of fused-ring (bicyclic) bond motifs is 2. The lowest BCUT2D eigenvalue weighted by Gasteiger charge is -2.25. The maximum Gasteiger partial charge on any atom is 0.298 e. The van der Waals surface area contributed by atoms with Gasteiger partial charge in [-0.15, -0.1) is 11.3 Å². The van der Waals surface area contributed by atoms with Crippen molar-refractivity contribution in [3.05, 3.63) is 40.1 Å². The summed E-state index contributed by atoms with van der Waals surface area (Å²) in [6.07, 6.45) is 1.06. The van der Waals surface area contributed by atoms with Gasteiger partial charge in [-0.3, -0.25) is 0 Å². The minimum absolute atomic E-state index is 0.692. The van der Waals surface area contributed by atoms with E-state index in [0.717, 1.165) is 30.6 Å². The normalized spacial score (nSPS) is 14.8. The van der Waals surface area contributed by atoms with E-state index >= 15 is 0 Å². The highest BCUT2D eigenvalue weighted by atomic mass is 32.1. The Balaban J connectivity index is 1.71. The van der Waals surface area contributed by atoms with Gasteiger partial charge in [-0.2, -0.15) is 4.98 Å². The van der Waals surface area contributed by atoms with Crippen LogP contribution < -0.4 is 10.6 Å². The number of nitrogen functional groups attached to an aromatic ring is 1. The maximum atomic E-state index is 5.82. The van der Waals surface area contributed by atoms with Crippen LogP contribution in [-0.4, -0.2) is 11.5 Å². The van der Waals surface area contributed by atoms with E-state index < -0.39 is 0 Å². The molecule has 4 nitrogen and oxygen atoms in total. The van der Waals surface area contributed by atoms with Crippen molar-refractivity contribution < 1.29 is 4.42 Å². The number of rotatable bonds is 1. The summed E-state index contributed by atoms with van der Waals surface area (Å²) in [4.78, 5) is 8.21. The van der Waals surface area contributed by atoms with Gasteiger partial charge in [0.25, 0.3) is 6.01 Å². The Hall–Kier alpha value is -2.01. The first kappa shape index (κ1) is 10.9. The van der Waals surface area contributed by atoms with Gasteiger partial charge in [0, 0.05) is 29.7 Å². The second kappa shape index (κ2) is 3.99. The standard InChI is InChI=1S/C14H13N3OS/c15-10-1-2-11-12(7-10)18-14(16-11)17-5-3-13-9(8-17)4-6-19-13/h1-2,4,6-7H,3,5,8,15H2. The third-order valence-corrected chi connectivity index (χ3v) is 4.50. The van der Waals surface area contributed by atoms with E-state index in [2.05, 4.69) is 21.3 Å². The van der Waals surface area contributed by atoms with Crippen LogP contribution in [0.1, 0.15) is 10.4 Å².